The van der Waals surface area contributed by atoms with Crippen molar-refractivity contribution in [3.8, 4) is 17.2 Å². The fraction of sp³-hybridized carbons (Fsp3) is 0.0769. The lowest BCUT2D eigenvalue weighted by Crippen LogP contribution is -1.87. The summed E-state index contributed by atoms with van der Waals surface area (Å²) in [6, 6.07) is 14.8. The molecule has 16 heavy (non-hydrogen) atoms. The molecule has 2 nitrogen and oxygen atoms in total. The van der Waals surface area contributed by atoms with Gasteiger partial charge in [0.15, 0.2) is 0 Å². The average molecular weight is 235 g/mol. The summed E-state index contributed by atoms with van der Waals surface area (Å²) in [7, 11) is 1.60. The van der Waals surface area contributed by atoms with Gasteiger partial charge in [0.25, 0.3) is 0 Å². The van der Waals surface area contributed by atoms with Crippen molar-refractivity contribution in [2.75, 3.05) is 7.11 Å². The average Bonchev–Trinajstić information content (AvgIpc) is 2.29. The van der Waals surface area contributed by atoms with Gasteiger partial charge in [0.05, 0.1) is 7.11 Å². The predicted molar refractivity (Wildman–Crippen MR) is 64.5 cm³/mol. The van der Waals surface area contributed by atoms with Crippen molar-refractivity contribution in [1.82, 2.24) is 0 Å². The van der Waals surface area contributed by atoms with E-state index in [0.29, 0.717) is 16.5 Å². The van der Waals surface area contributed by atoms with Crippen molar-refractivity contribution >= 4 is 11.6 Å². The first-order valence-corrected chi connectivity index (χ1v) is 5.23. The molecule has 0 spiro atoms. The number of methoxy groups -OCH3 is 1. The van der Waals surface area contributed by atoms with E-state index in [1.807, 2.05) is 30.3 Å². The Hall–Kier alpha value is -1.67. The second-order valence-corrected chi connectivity index (χ2v) is 3.68. The van der Waals surface area contributed by atoms with E-state index in [0.717, 1.165) is 5.75 Å². The van der Waals surface area contributed by atoms with Crippen LogP contribution in [0.25, 0.3) is 0 Å². The van der Waals surface area contributed by atoms with Gasteiger partial charge in [-0.15, -0.1) is 0 Å². The molecule has 0 bridgehead atoms. The molecule has 3 heteroatoms. The van der Waals surface area contributed by atoms with Crippen LogP contribution in [-0.2, 0) is 0 Å². The standard InChI is InChI=1S/C13H11ClO2/c1-15-12-7-10(14)8-13(9-12)16-11-5-3-2-4-6-11/h2-9H,1H3. The Morgan fingerprint density at radius 3 is 2.25 bits per heavy atom. The third-order valence-electron chi connectivity index (χ3n) is 2.06. The van der Waals surface area contributed by atoms with Crippen LogP contribution in [0.4, 0.5) is 0 Å². The molecule has 0 aliphatic rings. The molecule has 0 heterocycles. The molecule has 0 aliphatic carbocycles. The number of rotatable bonds is 3. The molecular formula is C13H11ClO2. The van der Waals surface area contributed by atoms with Gasteiger partial charge >= 0.3 is 0 Å². The summed E-state index contributed by atoms with van der Waals surface area (Å²) in [5.74, 6) is 2.11. The predicted octanol–water partition coefficient (Wildman–Crippen LogP) is 4.14. The zero-order chi connectivity index (χ0) is 11.4. The van der Waals surface area contributed by atoms with Crippen molar-refractivity contribution in [2.24, 2.45) is 0 Å². The minimum Gasteiger partial charge on any atom is -0.497 e. The third-order valence-corrected chi connectivity index (χ3v) is 2.28. The summed E-state index contributed by atoms with van der Waals surface area (Å²) >= 11 is 5.93. The summed E-state index contributed by atoms with van der Waals surface area (Å²) < 4.78 is 10.7. The Labute approximate surface area is 99.4 Å². The van der Waals surface area contributed by atoms with E-state index >= 15 is 0 Å². The Morgan fingerprint density at radius 2 is 1.56 bits per heavy atom. The van der Waals surface area contributed by atoms with E-state index in [-0.39, 0.29) is 0 Å². The van der Waals surface area contributed by atoms with Crippen LogP contribution in [0.1, 0.15) is 0 Å². The molecule has 0 saturated heterocycles. The molecule has 0 atom stereocenters. The van der Waals surface area contributed by atoms with E-state index in [1.54, 1.807) is 25.3 Å². The van der Waals surface area contributed by atoms with E-state index in [2.05, 4.69) is 0 Å². The van der Waals surface area contributed by atoms with Gasteiger partial charge < -0.3 is 9.47 Å². The van der Waals surface area contributed by atoms with Crippen molar-refractivity contribution in [2.45, 2.75) is 0 Å². The summed E-state index contributed by atoms with van der Waals surface area (Å²) in [6.07, 6.45) is 0. The molecule has 0 N–H and O–H groups in total. The molecule has 2 aromatic rings. The number of halogens is 1. The fourth-order valence-corrected chi connectivity index (χ4v) is 1.55. The highest BCUT2D eigenvalue weighted by Gasteiger charge is 2.01. The Balaban J connectivity index is 2.24. The second-order valence-electron chi connectivity index (χ2n) is 3.24. The number of para-hydroxylation sites is 1. The van der Waals surface area contributed by atoms with Crippen LogP contribution in [0.15, 0.2) is 48.5 Å². The molecular weight excluding hydrogens is 224 g/mol. The number of hydrogen-bond acceptors (Lipinski definition) is 2. The molecule has 0 unspecified atom stereocenters. The Kier molecular flexibility index (Phi) is 3.32. The van der Waals surface area contributed by atoms with E-state index in [1.165, 1.54) is 0 Å². The number of benzene rings is 2. The largest absolute Gasteiger partial charge is 0.497 e. The van der Waals surface area contributed by atoms with Crippen LogP contribution in [0.3, 0.4) is 0 Å². The van der Waals surface area contributed by atoms with Gasteiger partial charge in [-0.2, -0.15) is 0 Å². The molecule has 0 aliphatic heterocycles. The zero-order valence-corrected chi connectivity index (χ0v) is 9.57. The number of hydrogen-bond donors (Lipinski definition) is 0. The maximum absolute atomic E-state index is 5.93. The van der Waals surface area contributed by atoms with Crippen LogP contribution in [-0.4, -0.2) is 7.11 Å². The summed E-state index contributed by atoms with van der Waals surface area (Å²) in [5, 5.41) is 0.588. The van der Waals surface area contributed by atoms with Crippen molar-refractivity contribution in [3.63, 3.8) is 0 Å². The molecule has 0 aromatic heterocycles. The first-order chi connectivity index (χ1) is 7.78. The zero-order valence-electron chi connectivity index (χ0n) is 8.81. The minimum atomic E-state index is 0.588. The topological polar surface area (TPSA) is 18.5 Å². The van der Waals surface area contributed by atoms with Gasteiger partial charge in [0.2, 0.25) is 0 Å². The highest BCUT2D eigenvalue weighted by Crippen LogP contribution is 2.29. The third kappa shape index (κ3) is 2.67. The fourth-order valence-electron chi connectivity index (χ4n) is 1.34. The van der Waals surface area contributed by atoms with Crippen molar-refractivity contribution in [1.29, 1.82) is 0 Å². The van der Waals surface area contributed by atoms with E-state index in [4.69, 9.17) is 21.1 Å². The molecule has 0 radical (unpaired) electrons. The molecule has 82 valence electrons. The summed E-state index contributed by atoms with van der Waals surface area (Å²) in [5.41, 5.74) is 0. The first kappa shape index (κ1) is 10.8. The maximum Gasteiger partial charge on any atom is 0.132 e. The highest BCUT2D eigenvalue weighted by molar-refractivity contribution is 6.30. The van der Waals surface area contributed by atoms with Crippen LogP contribution in [0.2, 0.25) is 5.02 Å². The molecule has 0 amide bonds. The lowest BCUT2D eigenvalue weighted by Gasteiger charge is -2.07. The van der Waals surface area contributed by atoms with Crippen LogP contribution < -0.4 is 9.47 Å². The van der Waals surface area contributed by atoms with Gasteiger partial charge in [0.1, 0.15) is 17.2 Å². The van der Waals surface area contributed by atoms with Crippen LogP contribution in [0, 0.1) is 0 Å². The molecule has 2 aromatic carbocycles. The maximum atomic E-state index is 5.93. The van der Waals surface area contributed by atoms with Gasteiger partial charge in [-0.25, -0.2) is 0 Å². The van der Waals surface area contributed by atoms with Crippen molar-refractivity contribution < 1.29 is 9.47 Å². The molecule has 0 fully saturated rings. The van der Waals surface area contributed by atoms with Gasteiger partial charge in [0, 0.05) is 11.1 Å². The first-order valence-electron chi connectivity index (χ1n) is 4.85. The minimum absolute atomic E-state index is 0.588. The van der Waals surface area contributed by atoms with Gasteiger partial charge in [-0.3, -0.25) is 0 Å². The highest BCUT2D eigenvalue weighted by atomic mass is 35.5. The van der Waals surface area contributed by atoms with Crippen LogP contribution >= 0.6 is 11.6 Å². The smallest absolute Gasteiger partial charge is 0.132 e. The molecule has 0 saturated carbocycles. The SMILES string of the molecule is COc1cc(Cl)cc(Oc2ccccc2)c1. The van der Waals surface area contributed by atoms with Crippen LogP contribution in [0.5, 0.6) is 17.2 Å². The summed E-state index contributed by atoms with van der Waals surface area (Å²) in [6.45, 7) is 0. The van der Waals surface area contributed by atoms with E-state index in [9.17, 15) is 0 Å². The summed E-state index contributed by atoms with van der Waals surface area (Å²) in [4.78, 5) is 0. The van der Waals surface area contributed by atoms with Gasteiger partial charge in [-0.05, 0) is 24.3 Å². The second kappa shape index (κ2) is 4.90. The monoisotopic (exact) mass is 234 g/mol. The molecule has 2 rings (SSSR count). The van der Waals surface area contributed by atoms with Gasteiger partial charge in [-0.1, -0.05) is 29.8 Å². The Bertz CT molecular complexity index is 469. The lowest BCUT2D eigenvalue weighted by molar-refractivity contribution is 0.409. The normalized spacial score (nSPS) is 9.88. The quantitative estimate of drug-likeness (QED) is 0.795. The lowest BCUT2D eigenvalue weighted by atomic mass is 10.3. The Morgan fingerprint density at radius 1 is 0.875 bits per heavy atom. The number of ether oxygens (including phenoxy) is 2. The van der Waals surface area contributed by atoms with Crippen molar-refractivity contribution in [3.05, 3.63) is 53.6 Å². The van der Waals surface area contributed by atoms with E-state index < -0.39 is 0 Å².